The Balaban J connectivity index is 2.46. The van der Waals surface area contributed by atoms with Gasteiger partial charge in [0.15, 0.2) is 0 Å². The summed E-state index contributed by atoms with van der Waals surface area (Å²) in [6.07, 6.45) is 6.03. The molecular weight excluding hydrogens is 228 g/mol. The molecule has 18 heavy (non-hydrogen) atoms. The number of allylic oxidation sites excluding steroid dienone is 1. The molecule has 3 nitrogen and oxygen atoms in total. The van der Waals surface area contributed by atoms with Crippen LogP contribution < -0.4 is 4.74 Å². The SMILES string of the molecule is C=CCCCCCOc1ccc(C)cc1C(=O)O. The quantitative estimate of drug-likeness (QED) is 0.562. The molecular formula is C15H20O3. The number of carbonyl (C=O) groups is 1. The van der Waals surface area contributed by atoms with Gasteiger partial charge in [-0.1, -0.05) is 17.7 Å². The van der Waals surface area contributed by atoms with E-state index < -0.39 is 5.97 Å². The topological polar surface area (TPSA) is 46.5 Å². The van der Waals surface area contributed by atoms with Crippen LogP contribution in [-0.4, -0.2) is 17.7 Å². The summed E-state index contributed by atoms with van der Waals surface area (Å²) in [6.45, 7) is 6.09. The summed E-state index contributed by atoms with van der Waals surface area (Å²) in [5.41, 5.74) is 1.16. The number of ether oxygens (including phenoxy) is 1. The van der Waals surface area contributed by atoms with E-state index in [1.54, 1.807) is 12.1 Å². The maximum absolute atomic E-state index is 11.1. The Labute approximate surface area is 108 Å². The Kier molecular flexibility index (Phi) is 5.98. The van der Waals surface area contributed by atoms with Crippen LogP contribution in [0.25, 0.3) is 0 Å². The van der Waals surface area contributed by atoms with E-state index in [4.69, 9.17) is 9.84 Å². The van der Waals surface area contributed by atoms with Crippen molar-refractivity contribution in [1.82, 2.24) is 0 Å². The van der Waals surface area contributed by atoms with Crippen LogP contribution in [0.4, 0.5) is 0 Å². The predicted octanol–water partition coefficient (Wildman–Crippen LogP) is 3.82. The normalized spacial score (nSPS) is 10.1. The highest BCUT2D eigenvalue weighted by molar-refractivity contribution is 5.91. The minimum Gasteiger partial charge on any atom is -0.493 e. The lowest BCUT2D eigenvalue weighted by Crippen LogP contribution is -2.04. The van der Waals surface area contributed by atoms with Crippen molar-refractivity contribution in [3.63, 3.8) is 0 Å². The highest BCUT2D eigenvalue weighted by atomic mass is 16.5. The number of hydrogen-bond acceptors (Lipinski definition) is 2. The molecule has 1 aromatic rings. The molecule has 98 valence electrons. The Bertz CT molecular complexity index is 410. The summed E-state index contributed by atoms with van der Waals surface area (Å²) in [4.78, 5) is 11.1. The van der Waals surface area contributed by atoms with Crippen LogP contribution in [0.1, 0.15) is 41.6 Å². The first kappa shape index (κ1) is 14.3. The van der Waals surface area contributed by atoms with E-state index in [0.29, 0.717) is 12.4 Å². The summed E-state index contributed by atoms with van der Waals surface area (Å²) in [5.74, 6) is -0.489. The van der Waals surface area contributed by atoms with E-state index in [9.17, 15) is 4.79 Å². The maximum Gasteiger partial charge on any atom is 0.339 e. The van der Waals surface area contributed by atoms with Crippen LogP contribution in [0.2, 0.25) is 0 Å². The smallest absolute Gasteiger partial charge is 0.339 e. The van der Waals surface area contributed by atoms with E-state index in [1.807, 2.05) is 19.1 Å². The van der Waals surface area contributed by atoms with Crippen LogP contribution in [0.15, 0.2) is 30.9 Å². The van der Waals surface area contributed by atoms with Crippen molar-refractivity contribution in [3.8, 4) is 5.75 Å². The summed E-state index contributed by atoms with van der Waals surface area (Å²) in [5, 5.41) is 9.07. The molecule has 1 aromatic carbocycles. The van der Waals surface area contributed by atoms with Gasteiger partial charge in [-0.05, 0) is 44.7 Å². The van der Waals surface area contributed by atoms with Crippen LogP contribution in [-0.2, 0) is 0 Å². The first-order valence-corrected chi connectivity index (χ1v) is 6.23. The maximum atomic E-state index is 11.1. The van der Waals surface area contributed by atoms with Gasteiger partial charge >= 0.3 is 5.97 Å². The van der Waals surface area contributed by atoms with E-state index in [-0.39, 0.29) is 5.56 Å². The molecule has 0 bridgehead atoms. The second-order valence-corrected chi connectivity index (χ2v) is 4.29. The molecule has 0 unspecified atom stereocenters. The first-order valence-electron chi connectivity index (χ1n) is 6.23. The fourth-order valence-electron chi connectivity index (χ4n) is 1.69. The molecule has 1 rings (SSSR count). The molecule has 0 spiro atoms. The molecule has 0 fully saturated rings. The molecule has 0 saturated heterocycles. The van der Waals surface area contributed by atoms with Crippen molar-refractivity contribution in [2.24, 2.45) is 0 Å². The number of unbranched alkanes of at least 4 members (excludes halogenated alkanes) is 3. The number of aryl methyl sites for hydroxylation is 1. The molecule has 0 radical (unpaired) electrons. The molecule has 0 atom stereocenters. The standard InChI is InChI=1S/C15H20O3/c1-3-4-5-6-7-10-18-14-9-8-12(2)11-13(14)15(16)17/h3,8-9,11H,1,4-7,10H2,2H3,(H,16,17). The second-order valence-electron chi connectivity index (χ2n) is 4.29. The zero-order valence-electron chi connectivity index (χ0n) is 10.8. The lowest BCUT2D eigenvalue weighted by atomic mass is 10.1. The van der Waals surface area contributed by atoms with E-state index in [2.05, 4.69) is 6.58 Å². The molecule has 0 heterocycles. The molecule has 1 N–H and O–H groups in total. The Hall–Kier alpha value is -1.77. The van der Waals surface area contributed by atoms with Crippen molar-refractivity contribution in [1.29, 1.82) is 0 Å². The molecule has 0 aliphatic heterocycles. The van der Waals surface area contributed by atoms with Gasteiger partial charge in [0.2, 0.25) is 0 Å². The van der Waals surface area contributed by atoms with Gasteiger partial charge in [-0.3, -0.25) is 0 Å². The zero-order chi connectivity index (χ0) is 13.4. The predicted molar refractivity (Wildman–Crippen MR) is 72.3 cm³/mol. The van der Waals surface area contributed by atoms with E-state index >= 15 is 0 Å². The van der Waals surface area contributed by atoms with E-state index in [0.717, 1.165) is 31.2 Å². The lowest BCUT2D eigenvalue weighted by Gasteiger charge is -2.09. The van der Waals surface area contributed by atoms with Crippen molar-refractivity contribution in [2.75, 3.05) is 6.61 Å². The van der Waals surface area contributed by atoms with Gasteiger partial charge in [0, 0.05) is 0 Å². The third kappa shape index (κ3) is 4.62. The van der Waals surface area contributed by atoms with Crippen molar-refractivity contribution >= 4 is 5.97 Å². The van der Waals surface area contributed by atoms with Gasteiger partial charge in [0.05, 0.1) is 6.61 Å². The van der Waals surface area contributed by atoms with Gasteiger partial charge < -0.3 is 9.84 Å². The van der Waals surface area contributed by atoms with Crippen molar-refractivity contribution in [3.05, 3.63) is 42.0 Å². The lowest BCUT2D eigenvalue weighted by molar-refractivity contribution is 0.0692. The molecule has 0 aliphatic rings. The zero-order valence-corrected chi connectivity index (χ0v) is 10.8. The van der Waals surface area contributed by atoms with E-state index in [1.165, 1.54) is 0 Å². The summed E-state index contributed by atoms with van der Waals surface area (Å²) in [7, 11) is 0. The Morgan fingerprint density at radius 3 is 2.83 bits per heavy atom. The number of carboxylic acids is 1. The second kappa shape index (κ2) is 7.54. The van der Waals surface area contributed by atoms with Gasteiger partial charge in [-0.25, -0.2) is 4.79 Å². The van der Waals surface area contributed by atoms with Gasteiger partial charge in [-0.2, -0.15) is 0 Å². The van der Waals surface area contributed by atoms with Crippen molar-refractivity contribution in [2.45, 2.75) is 32.6 Å². The first-order chi connectivity index (χ1) is 8.65. The Morgan fingerprint density at radius 1 is 1.39 bits per heavy atom. The molecule has 3 heteroatoms. The van der Waals surface area contributed by atoms with Crippen LogP contribution in [0, 0.1) is 6.92 Å². The fraction of sp³-hybridized carbons (Fsp3) is 0.400. The third-order valence-corrected chi connectivity index (χ3v) is 2.68. The number of benzene rings is 1. The largest absolute Gasteiger partial charge is 0.493 e. The highest BCUT2D eigenvalue weighted by Gasteiger charge is 2.10. The monoisotopic (exact) mass is 248 g/mol. The number of rotatable bonds is 8. The average Bonchev–Trinajstić information content (AvgIpc) is 2.35. The average molecular weight is 248 g/mol. The number of aromatic carboxylic acids is 1. The molecule has 0 aromatic heterocycles. The number of carboxylic acid groups (broad SMARTS) is 1. The molecule has 0 saturated carbocycles. The molecule has 0 aliphatic carbocycles. The van der Waals surface area contributed by atoms with Crippen LogP contribution in [0.5, 0.6) is 5.75 Å². The van der Waals surface area contributed by atoms with Gasteiger partial charge in [-0.15, -0.1) is 6.58 Å². The van der Waals surface area contributed by atoms with Crippen LogP contribution >= 0.6 is 0 Å². The third-order valence-electron chi connectivity index (χ3n) is 2.68. The molecule has 0 amide bonds. The Morgan fingerprint density at radius 2 is 2.17 bits per heavy atom. The summed E-state index contributed by atoms with van der Waals surface area (Å²) < 4.78 is 5.53. The summed E-state index contributed by atoms with van der Waals surface area (Å²) >= 11 is 0. The number of hydrogen-bond donors (Lipinski definition) is 1. The summed E-state index contributed by atoms with van der Waals surface area (Å²) in [6, 6.07) is 5.22. The minimum absolute atomic E-state index is 0.237. The van der Waals surface area contributed by atoms with Gasteiger partial charge in [0.1, 0.15) is 11.3 Å². The fourth-order valence-corrected chi connectivity index (χ4v) is 1.69. The van der Waals surface area contributed by atoms with Gasteiger partial charge in [0.25, 0.3) is 0 Å². The highest BCUT2D eigenvalue weighted by Crippen LogP contribution is 2.20. The van der Waals surface area contributed by atoms with Crippen molar-refractivity contribution < 1.29 is 14.6 Å². The minimum atomic E-state index is -0.944. The van der Waals surface area contributed by atoms with Crippen LogP contribution in [0.3, 0.4) is 0 Å².